The molecule has 3 rings (SSSR count). The fraction of sp³-hybridized carbons (Fsp3) is 0.235. The SMILES string of the molecule is CC1Cc2ccccc2N(C(=O)c2cccc(N)c2Cl)C1. The third kappa shape index (κ3) is 2.49. The third-order valence-corrected chi connectivity index (χ3v) is 4.27. The Kier molecular flexibility index (Phi) is 3.60. The molecule has 0 spiro atoms. The van der Waals surface area contributed by atoms with Gasteiger partial charge in [0.15, 0.2) is 0 Å². The zero-order chi connectivity index (χ0) is 15.0. The van der Waals surface area contributed by atoms with Crippen molar-refractivity contribution in [2.75, 3.05) is 17.2 Å². The lowest BCUT2D eigenvalue weighted by Crippen LogP contribution is -2.39. The predicted molar refractivity (Wildman–Crippen MR) is 86.9 cm³/mol. The average Bonchev–Trinajstić information content (AvgIpc) is 2.48. The molecule has 0 saturated carbocycles. The topological polar surface area (TPSA) is 46.3 Å². The van der Waals surface area contributed by atoms with Gasteiger partial charge in [-0.3, -0.25) is 4.79 Å². The number of para-hydroxylation sites is 1. The molecule has 1 atom stereocenters. The molecule has 2 aromatic carbocycles. The average molecular weight is 301 g/mol. The number of nitrogen functional groups attached to an aromatic ring is 1. The molecule has 4 heteroatoms. The van der Waals surface area contributed by atoms with E-state index in [9.17, 15) is 4.79 Å². The molecule has 21 heavy (non-hydrogen) atoms. The lowest BCUT2D eigenvalue weighted by molar-refractivity contribution is 0.0981. The predicted octanol–water partition coefficient (Wildman–Crippen LogP) is 3.76. The number of halogens is 1. The fourth-order valence-electron chi connectivity index (χ4n) is 2.85. The first-order chi connectivity index (χ1) is 10.1. The van der Waals surface area contributed by atoms with Gasteiger partial charge in [0.1, 0.15) is 0 Å². The van der Waals surface area contributed by atoms with Crippen LogP contribution in [0.1, 0.15) is 22.8 Å². The summed E-state index contributed by atoms with van der Waals surface area (Å²) in [4.78, 5) is 14.7. The minimum Gasteiger partial charge on any atom is -0.398 e. The molecule has 0 aromatic heterocycles. The summed E-state index contributed by atoms with van der Waals surface area (Å²) in [6.45, 7) is 2.85. The Hall–Kier alpha value is -2.00. The molecular weight excluding hydrogens is 284 g/mol. The molecule has 3 nitrogen and oxygen atoms in total. The van der Waals surface area contributed by atoms with Crippen LogP contribution in [0.2, 0.25) is 5.02 Å². The van der Waals surface area contributed by atoms with Crippen molar-refractivity contribution in [1.82, 2.24) is 0 Å². The van der Waals surface area contributed by atoms with E-state index in [0.29, 0.717) is 28.7 Å². The highest BCUT2D eigenvalue weighted by Crippen LogP contribution is 2.32. The maximum atomic E-state index is 12.9. The van der Waals surface area contributed by atoms with Gasteiger partial charge >= 0.3 is 0 Å². The van der Waals surface area contributed by atoms with E-state index >= 15 is 0 Å². The lowest BCUT2D eigenvalue weighted by atomic mass is 9.93. The number of amides is 1. The van der Waals surface area contributed by atoms with Crippen LogP contribution in [0, 0.1) is 5.92 Å². The molecule has 1 aliphatic heterocycles. The summed E-state index contributed by atoms with van der Waals surface area (Å²) in [7, 11) is 0. The summed E-state index contributed by atoms with van der Waals surface area (Å²) >= 11 is 6.20. The molecule has 0 saturated heterocycles. The molecule has 1 heterocycles. The normalized spacial score (nSPS) is 17.4. The van der Waals surface area contributed by atoms with Crippen LogP contribution in [-0.4, -0.2) is 12.5 Å². The van der Waals surface area contributed by atoms with Gasteiger partial charge in [-0.2, -0.15) is 0 Å². The van der Waals surface area contributed by atoms with Crippen LogP contribution in [0.15, 0.2) is 42.5 Å². The monoisotopic (exact) mass is 300 g/mol. The van der Waals surface area contributed by atoms with Crippen LogP contribution >= 0.6 is 11.6 Å². The molecule has 0 radical (unpaired) electrons. The van der Waals surface area contributed by atoms with Crippen molar-refractivity contribution in [3.8, 4) is 0 Å². The van der Waals surface area contributed by atoms with Crippen molar-refractivity contribution in [3.63, 3.8) is 0 Å². The van der Waals surface area contributed by atoms with Gasteiger partial charge in [0, 0.05) is 12.2 Å². The van der Waals surface area contributed by atoms with Crippen LogP contribution in [0.3, 0.4) is 0 Å². The van der Waals surface area contributed by atoms with Gasteiger partial charge in [-0.05, 0) is 36.1 Å². The first-order valence-electron chi connectivity index (χ1n) is 7.01. The van der Waals surface area contributed by atoms with Crippen LogP contribution in [0.5, 0.6) is 0 Å². The molecule has 1 amide bonds. The Labute approximate surface area is 129 Å². The molecule has 2 aromatic rings. The number of nitrogens with zero attached hydrogens (tertiary/aromatic N) is 1. The molecule has 1 aliphatic rings. The first-order valence-corrected chi connectivity index (χ1v) is 7.39. The summed E-state index contributed by atoms with van der Waals surface area (Å²) in [6, 6.07) is 13.2. The van der Waals surface area contributed by atoms with E-state index in [4.69, 9.17) is 17.3 Å². The Balaban J connectivity index is 2.04. The van der Waals surface area contributed by atoms with Gasteiger partial charge in [-0.1, -0.05) is 42.8 Å². The molecule has 0 aliphatic carbocycles. The summed E-state index contributed by atoms with van der Waals surface area (Å²) in [6.07, 6.45) is 0.991. The van der Waals surface area contributed by atoms with Gasteiger partial charge in [-0.25, -0.2) is 0 Å². The number of anilines is 2. The minimum atomic E-state index is -0.0914. The maximum absolute atomic E-state index is 12.9. The summed E-state index contributed by atoms with van der Waals surface area (Å²) in [5.74, 6) is 0.329. The van der Waals surface area contributed by atoms with Gasteiger partial charge in [0.25, 0.3) is 5.91 Å². The van der Waals surface area contributed by atoms with Gasteiger partial charge in [-0.15, -0.1) is 0 Å². The maximum Gasteiger partial charge on any atom is 0.259 e. The smallest absolute Gasteiger partial charge is 0.259 e. The number of hydrogen-bond donors (Lipinski definition) is 1. The molecule has 2 N–H and O–H groups in total. The number of fused-ring (bicyclic) bond motifs is 1. The molecule has 108 valence electrons. The van der Waals surface area contributed by atoms with Crippen molar-refractivity contribution in [2.45, 2.75) is 13.3 Å². The second-order valence-corrected chi connectivity index (χ2v) is 5.94. The number of nitrogens with two attached hydrogens (primary N) is 1. The van der Waals surface area contributed by atoms with Gasteiger partial charge in [0.2, 0.25) is 0 Å². The van der Waals surface area contributed by atoms with Crippen molar-refractivity contribution in [2.24, 2.45) is 5.92 Å². The highest BCUT2D eigenvalue weighted by atomic mass is 35.5. The van der Waals surface area contributed by atoms with Gasteiger partial charge < -0.3 is 10.6 Å². The number of hydrogen-bond acceptors (Lipinski definition) is 2. The van der Waals surface area contributed by atoms with E-state index in [1.54, 1.807) is 18.2 Å². The molecule has 0 bridgehead atoms. The minimum absolute atomic E-state index is 0.0914. The Bertz CT molecular complexity index is 699. The fourth-order valence-corrected chi connectivity index (χ4v) is 3.06. The van der Waals surface area contributed by atoms with E-state index in [1.807, 2.05) is 23.1 Å². The van der Waals surface area contributed by atoms with Crippen LogP contribution in [-0.2, 0) is 6.42 Å². The Morgan fingerprint density at radius 1 is 1.24 bits per heavy atom. The summed E-state index contributed by atoms with van der Waals surface area (Å²) < 4.78 is 0. The lowest BCUT2D eigenvalue weighted by Gasteiger charge is -2.33. The second-order valence-electron chi connectivity index (χ2n) is 5.56. The van der Waals surface area contributed by atoms with E-state index in [-0.39, 0.29) is 5.91 Å². The van der Waals surface area contributed by atoms with Crippen LogP contribution < -0.4 is 10.6 Å². The Morgan fingerprint density at radius 2 is 2.00 bits per heavy atom. The van der Waals surface area contributed by atoms with E-state index in [2.05, 4.69) is 13.0 Å². The molecular formula is C17H17ClN2O. The summed E-state index contributed by atoms with van der Waals surface area (Å²) in [5.41, 5.74) is 8.87. The number of carbonyl (C=O) groups excluding carboxylic acids is 1. The van der Waals surface area contributed by atoms with Crippen molar-refractivity contribution in [3.05, 3.63) is 58.6 Å². The first kappa shape index (κ1) is 14.0. The standard InChI is InChI=1S/C17H17ClN2O/c1-11-9-12-5-2-3-8-15(12)20(10-11)17(21)13-6-4-7-14(19)16(13)18/h2-8,11H,9-10,19H2,1H3. The van der Waals surface area contributed by atoms with Crippen molar-refractivity contribution >= 4 is 28.9 Å². The van der Waals surface area contributed by atoms with Crippen LogP contribution in [0.4, 0.5) is 11.4 Å². The summed E-state index contributed by atoms with van der Waals surface area (Å²) in [5, 5.41) is 0.332. The van der Waals surface area contributed by atoms with E-state index in [1.165, 1.54) is 5.56 Å². The van der Waals surface area contributed by atoms with Crippen molar-refractivity contribution < 1.29 is 4.79 Å². The Morgan fingerprint density at radius 3 is 2.81 bits per heavy atom. The molecule has 1 unspecified atom stereocenters. The van der Waals surface area contributed by atoms with Crippen molar-refractivity contribution in [1.29, 1.82) is 0 Å². The second kappa shape index (κ2) is 5.41. The highest BCUT2D eigenvalue weighted by molar-refractivity contribution is 6.37. The number of carbonyl (C=O) groups is 1. The zero-order valence-electron chi connectivity index (χ0n) is 11.8. The molecule has 0 fully saturated rings. The number of benzene rings is 2. The highest BCUT2D eigenvalue weighted by Gasteiger charge is 2.28. The zero-order valence-corrected chi connectivity index (χ0v) is 12.6. The van der Waals surface area contributed by atoms with E-state index < -0.39 is 0 Å². The number of rotatable bonds is 1. The van der Waals surface area contributed by atoms with E-state index in [0.717, 1.165) is 12.1 Å². The largest absolute Gasteiger partial charge is 0.398 e. The van der Waals surface area contributed by atoms with Gasteiger partial charge in [0.05, 0.1) is 16.3 Å². The van der Waals surface area contributed by atoms with Crippen LogP contribution in [0.25, 0.3) is 0 Å². The quantitative estimate of drug-likeness (QED) is 0.815. The third-order valence-electron chi connectivity index (χ3n) is 3.85.